The number of nitrogens with zero attached hydrogens (tertiary/aromatic N) is 2. The molecule has 0 saturated carbocycles. The normalized spacial score (nSPS) is 11.8. The van der Waals surface area contributed by atoms with Crippen LogP contribution in [0.25, 0.3) is 95.9 Å². The zero-order valence-electron chi connectivity index (χ0n) is 25.7. The predicted octanol–water partition coefficient (Wildman–Crippen LogP) is 13.0. The van der Waals surface area contributed by atoms with E-state index in [1.807, 2.05) is 11.3 Å². The summed E-state index contributed by atoms with van der Waals surface area (Å²) in [6, 6.07) is 55.0. The first-order chi connectivity index (χ1) is 23.8. The van der Waals surface area contributed by atoms with Gasteiger partial charge in [0.25, 0.3) is 0 Å². The first-order valence-electron chi connectivity index (χ1n) is 16.0. The van der Waals surface area contributed by atoms with Gasteiger partial charge in [0.15, 0.2) is 0 Å². The molecule has 0 atom stereocenters. The van der Waals surface area contributed by atoms with Gasteiger partial charge < -0.3 is 0 Å². The lowest BCUT2D eigenvalue weighted by Gasteiger charge is -2.09. The molecule has 0 radical (unpaired) electrons. The molecule has 224 valence electrons. The Bertz CT molecular complexity index is 2860. The number of hydrogen-bond donors (Lipinski definition) is 0. The fourth-order valence-corrected chi connectivity index (χ4v) is 9.40. The maximum Gasteiger partial charge on any atom is 0.116 e. The van der Waals surface area contributed by atoms with Gasteiger partial charge >= 0.3 is 0 Å². The van der Waals surface area contributed by atoms with E-state index in [0.717, 1.165) is 21.5 Å². The van der Waals surface area contributed by atoms with E-state index in [4.69, 9.17) is 9.97 Å². The van der Waals surface area contributed by atoms with E-state index in [-0.39, 0.29) is 0 Å². The van der Waals surface area contributed by atoms with Crippen LogP contribution in [0.5, 0.6) is 0 Å². The minimum Gasteiger partial charge on any atom is -0.235 e. The summed E-state index contributed by atoms with van der Waals surface area (Å²) in [6.45, 7) is 0. The van der Waals surface area contributed by atoms with E-state index in [2.05, 4.69) is 152 Å². The highest BCUT2D eigenvalue weighted by atomic mass is 32.1. The van der Waals surface area contributed by atoms with Crippen molar-refractivity contribution < 1.29 is 0 Å². The van der Waals surface area contributed by atoms with E-state index in [1.54, 1.807) is 17.7 Å². The van der Waals surface area contributed by atoms with Gasteiger partial charge in [-0.15, -0.1) is 22.7 Å². The van der Waals surface area contributed by atoms with Crippen molar-refractivity contribution in [1.82, 2.24) is 9.97 Å². The quantitative estimate of drug-likeness (QED) is 0.190. The Morgan fingerprint density at radius 3 is 1.94 bits per heavy atom. The third-order valence-corrected chi connectivity index (χ3v) is 11.8. The molecular weight excluding hydrogens is 621 g/mol. The standard InChI is InChI=1S/C44H26N2S2/c1-2-9-28-22-31(19-18-27(28)8-1)32-20-21-40-38(25-32)42-44(48-40)41(45-26-46-42)34-13-6-11-30(24-34)29-10-5-12-33(23-29)35-15-7-16-37-36-14-3-4-17-39(36)47-43(35)37/h1-26H. The molecule has 10 rings (SSSR count). The lowest BCUT2D eigenvalue weighted by Crippen LogP contribution is -1.88. The molecule has 0 aliphatic rings. The van der Waals surface area contributed by atoms with Crippen molar-refractivity contribution in [1.29, 1.82) is 0 Å². The van der Waals surface area contributed by atoms with Gasteiger partial charge in [-0.3, -0.25) is 0 Å². The smallest absolute Gasteiger partial charge is 0.116 e. The van der Waals surface area contributed by atoms with Crippen molar-refractivity contribution in [2.75, 3.05) is 0 Å². The van der Waals surface area contributed by atoms with E-state index >= 15 is 0 Å². The Kier molecular flexibility index (Phi) is 6.26. The van der Waals surface area contributed by atoms with Crippen LogP contribution >= 0.6 is 22.7 Å². The van der Waals surface area contributed by atoms with E-state index in [0.29, 0.717) is 0 Å². The van der Waals surface area contributed by atoms with Crippen molar-refractivity contribution in [2.24, 2.45) is 0 Å². The van der Waals surface area contributed by atoms with E-state index in [1.165, 1.54) is 74.4 Å². The predicted molar refractivity (Wildman–Crippen MR) is 207 cm³/mol. The molecule has 10 aromatic rings. The van der Waals surface area contributed by atoms with Gasteiger partial charge in [-0.2, -0.15) is 0 Å². The summed E-state index contributed by atoms with van der Waals surface area (Å²) in [5.74, 6) is 0. The highest BCUT2D eigenvalue weighted by molar-refractivity contribution is 7.26. The third kappa shape index (κ3) is 4.45. The molecule has 3 heterocycles. The van der Waals surface area contributed by atoms with Crippen LogP contribution in [0.4, 0.5) is 0 Å². The largest absolute Gasteiger partial charge is 0.235 e. The molecule has 0 N–H and O–H groups in total. The first-order valence-corrected chi connectivity index (χ1v) is 17.7. The molecule has 0 aliphatic heterocycles. The van der Waals surface area contributed by atoms with Crippen molar-refractivity contribution in [3.8, 4) is 44.6 Å². The molecule has 0 spiro atoms. The molecule has 2 nitrogen and oxygen atoms in total. The van der Waals surface area contributed by atoms with Gasteiger partial charge in [-0.05, 0) is 80.6 Å². The van der Waals surface area contributed by atoms with Crippen LogP contribution in [0.1, 0.15) is 0 Å². The summed E-state index contributed by atoms with van der Waals surface area (Å²) in [6.07, 6.45) is 1.71. The van der Waals surface area contributed by atoms with Gasteiger partial charge in [0.2, 0.25) is 0 Å². The van der Waals surface area contributed by atoms with Crippen LogP contribution in [-0.2, 0) is 0 Å². The maximum absolute atomic E-state index is 4.84. The van der Waals surface area contributed by atoms with E-state index in [9.17, 15) is 0 Å². The molecule has 48 heavy (non-hydrogen) atoms. The van der Waals surface area contributed by atoms with Crippen LogP contribution in [0.15, 0.2) is 158 Å². The fourth-order valence-electron chi connectivity index (χ4n) is 7.02. The summed E-state index contributed by atoms with van der Waals surface area (Å²) < 4.78 is 4.99. The first kappa shape index (κ1) is 27.4. The number of fused-ring (bicyclic) bond motifs is 7. The summed E-state index contributed by atoms with van der Waals surface area (Å²) in [5.41, 5.74) is 10.3. The van der Waals surface area contributed by atoms with Crippen LogP contribution < -0.4 is 0 Å². The molecule has 0 amide bonds. The highest BCUT2D eigenvalue weighted by Crippen LogP contribution is 2.42. The molecule has 7 aromatic carbocycles. The van der Waals surface area contributed by atoms with Crippen LogP contribution in [-0.4, -0.2) is 9.97 Å². The van der Waals surface area contributed by atoms with Crippen molar-refractivity contribution in [2.45, 2.75) is 0 Å². The number of thiophene rings is 2. The second-order valence-electron chi connectivity index (χ2n) is 12.2. The van der Waals surface area contributed by atoms with Gasteiger partial charge in [0.1, 0.15) is 6.33 Å². The summed E-state index contributed by atoms with van der Waals surface area (Å²) in [7, 11) is 0. The average Bonchev–Trinajstić information content (AvgIpc) is 3.73. The average molecular weight is 647 g/mol. The fraction of sp³-hybridized carbons (Fsp3) is 0. The molecule has 0 fully saturated rings. The minimum absolute atomic E-state index is 0.974. The molecule has 3 aromatic heterocycles. The van der Waals surface area contributed by atoms with Crippen LogP contribution in [0.3, 0.4) is 0 Å². The Labute approximate surface area is 285 Å². The van der Waals surface area contributed by atoms with Gasteiger partial charge in [-0.1, -0.05) is 115 Å². The van der Waals surface area contributed by atoms with Gasteiger partial charge in [-0.25, -0.2) is 9.97 Å². The lowest BCUT2D eigenvalue weighted by molar-refractivity contribution is 1.24. The Morgan fingerprint density at radius 1 is 0.375 bits per heavy atom. The van der Waals surface area contributed by atoms with Gasteiger partial charge in [0, 0.05) is 35.8 Å². The van der Waals surface area contributed by atoms with Gasteiger partial charge in [0.05, 0.1) is 15.9 Å². The summed E-state index contributed by atoms with van der Waals surface area (Å²) in [5, 5.41) is 6.32. The monoisotopic (exact) mass is 646 g/mol. The SMILES string of the molecule is c1cc(-c2cccc(-c3ncnc4c3sc3ccc(-c5ccc6ccccc6c5)cc34)c2)cc(-c2cccc3c2sc2ccccc23)c1. The molecular formula is C44H26N2S2. The topological polar surface area (TPSA) is 25.8 Å². The number of hydrogen-bond acceptors (Lipinski definition) is 4. The molecule has 0 bridgehead atoms. The molecule has 4 heteroatoms. The lowest BCUT2D eigenvalue weighted by atomic mass is 9.96. The van der Waals surface area contributed by atoms with Crippen LogP contribution in [0.2, 0.25) is 0 Å². The van der Waals surface area contributed by atoms with Crippen molar-refractivity contribution in [3.63, 3.8) is 0 Å². The van der Waals surface area contributed by atoms with Crippen LogP contribution in [0, 0.1) is 0 Å². The van der Waals surface area contributed by atoms with Crippen molar-refractivity contribution in [3.05, 3.63) is 158 Å². The van der Waals surface area contributed by atoms with Crippen molar-refractivity contribution >= 4 is 73.9 Å². The zero-order valence-corrected chi connectivity index (χ0v) is 27.4. The second kappa shape index (κ2) is 11.0. The Hall–Kier alpha value is -5.68. The molecule has 0 aliphatic carbocycles. The Balaban J connectivity index is 1.05. The number of benzene rings is 7. The zero-order chi connectivity index (χ0) is 31.6. The second-order valence-corrected chi connectivity index (χ2v) is 14.3. The maximum atomic E-state index is 4.84. The summed E-state index contributed by atoms with van der Waals surface area (Å²) >= 11 is 3.64. The summed E-state index contributed by atoms with van der Waals surface area (Å²) in [4.78, 5) is 9.65. The Morgan fingerprint density at radius 2 is 1.02 bits per heavy atom. The highest BCUT2D eigenvalue weighted by Gasteiger charge is 2.16. The number of aromatic nitrogens is 2. The molecule has 0 unspecified atom stereocenters. The minimum atomic E-state index is 0.974. The molecule has 0 saturated heterocycles. The van der Waals surface area contributed by atoms with E-state index < -0.39 is 0 Å². The number of rotatable bonds is 4. The third-order valence-electron chi connectivity index (χ3n) is 9.38.